The molecule has 2 saturated heterocycles. The minimum atomic E-state index is -0.147. The van der Waals surface area contributed by atoms with Gasteiger partial charge in [0.1, 0.15) is 18.0 Å². The van der Waals surface area contributed by atoms with E-state index in [4.69, 9.17) is 9.47 Å². The molecule has 148 valence electrons. The van der Waals surface area contributed by atoms with Gasteiger partial charge in [-0.25, -0.2) is 4.31 Å². The van der Waals surface area contributed by atoms with Gasteiger partial charge in [0.25, 0.3) is 0 Å². The van der Waals surface area contributed by atoms with E-state index in [0.29, 0.717) is 13.1 Å². The average molecular weight is 392 g/mol. The Kier molecular flexibility index (Phi) is 5.53. The van der Waals surface area contributed by atoms with Crippen LogP contribution in [0.1, 0.15) is 20.3 Å². The number of piperidine rings is 1. The molecular formula is C20H29N3O3S. The van der Waals surface area contributed by atoms with E-state index >= 15 is 0 Å². The molecule has 2 heterocycles. The van der Waals surface area contributed by atoms with Crippen molar-refractivity contribution in [2.45, 2.75) is 32.5 Å². The van der Waals surface area contributed by atoms with Crippen LogP contribution < -0.4 is 9.46 Å². The van der Waals surface area contributed by atoms with Crippen LogP contribution in [-0.2, 0) is 9.53 Å². The lowest BCUT2D eigenvalue weighted by Gasteiger charge is -2.20. The first-order valence-corrected chi connectivity index (χ1v) is 10.6. The number of hydrogen-bond donors (Lipinski definition) is 1. The molecule has 3 unspecified atom stereocenters. The highest BCUT2D eigenvalue weighted by molar-refractivity contribution is 7.98. The summed E-state index contributed by atoms with van der Waals surface area (Å²) in [6, 6.07) is 8.02. The number of ether oxygens (including phenoxy) is 2. The van der Waals surface area contributed by atoms with Crippen molar-refractivity contribution in [3.63, 3.8) is 0 Å². The van der Waals surface area contributed by atoms with E-state index < -0.39 is 0 Å². The molecule has 4 atom stereocenters. The van der Waals surface area contributed by atoms with E-state index in [0.717, 1.165) is 23.3 Å². The van der Waals surface area contributed by atoms with Crippen molar-refractivity contribution < 1.29 is 14.3 Å². The van der Waals surface area contributed by atoms with Crippen molar-refractivity contribution in [2.24, 2.45) is 17.8 Å². The Morgan fingerprint density at radius 2 is 1.93 bits per heavy atom. The summed E-state index contributed by atoms with van der Waals surface area (Å²) in [5.74, 6) is 2.80. The van der Waals surface area contributed by atoms with E-state index in [1.807, 2.05) is 43.0 Å². The smallest absolute Gasteiger partial charge is 0.225 e. The number of carbonyl (C=O) groups is 1. The summed E-state index contributed by atoms with van der Waals surface area (Å²) >= 11 is 1.69. The number of fused-ring (bicyclic) bond motifs is 1. The van der Waals surface area contributed by atoms with Crippen LogP contribution >= 0.6 is 12.1 Å². The molecule has 0 bridgehead atoms. The molecule has 3 aliphatic rings. The third kappa shape index (κ3) is 4.36. The lowest BCUT2D eigenvalue weighted by Crippen LogP contribution is -2.33. The van der Waals surface area contributed by atoms with Gasteiger partial charge in [0, 0.05) is 50.0 Å². The van der Waals surface area contributed by atoms with E-state index in [9.17, 15) is 4.79 Å². The fraction of sp³-hybridized carbons (Fsp3) is 0.650. The summed E-state index contributed by atoms with van der Waals surface area (Å²) in [6.07, 6.45) is 1.17. The highest BCUT2D eigenvalue weighted by Gasteiger charge is 2.45. The zero-order valence-electron chi connectivity index (χ0n) is 16.3. The molecule has 0 radical (unpaired) electrons. The number of hydrogen-bond acceptors (Lipinski definition) is 6. The van der Waals surface area contributed by atoms with Gasteiger partial charge in [-0.05, 0) is 30.4 Å². The predicted octanol–water partition coefficient (Wildman–Crippen LogP) is 2.87. The Balaban J connectivity index is 1.33. The summed E-state index contributed by atoms with van der Waals surface area (Å²) in [4.78, 5) is 14.1. The fourth-order valence-corrected chi connectivity index (χ4v) is 4.88. The largest absolute Gasteiger partial charge is 0.486 e. The minimum absolute atomic E-state index is 0.0116. The molecule has 3 fully saturated rings. The number of nitrogens with zero attached hydrogens (tertiary/aromatic N) is 2. The molecule has 1 saturated carbocycles. The molecule has 4 rings (SSSR count). The monoisotopic (exact) mass is 391 g/mol. The summed E-state index contributed by atoms with van der Waals surface area (Å²) in [7, 11) is 1.68. The first-order chi connectivity index (χ1) is 13.0. The molecule has 0 spiro atoms. The van der Waals surface area contributed by atoms with Crippen LogP contribution in [0.4, 0.5) is 5.69 Å². The molecule has 1 amide bonds. The number of carbonyl (C=O) groups excluding carboxylic acids is 1. The minimum Gasteiger partial charge on any atom is -0.486 e. The molecule has 1 aromatic rings. The van der Waals surface area contributed by atoms with Crippen LogP contribution in [0.5, 0.6) is 5.75 Å². The normalized spacial score (nSPS) is 29.9. The van der Waals surface area contributed by atoms with E-state index in [-0.39, 0.29) is 24.0 Å². The van der Waals surface area contributed by atoms with Gasteiger partial charge in [0.05, 0.1) is 13.1 Å². The second-order valence-electron chi connectivity index (χ2n) is 8.15. The molecular weight excluding hydrogens is 362 g/mol. The zero-order valence-corrected chi connectivity index (χ0v) is 17.1. The van der Waals surface area contributed by atoms with E-state index in [1.54, 1.807) is 19.2 Å². The summed E-state index contributed by atoms with van der Waals surface area (Å²) < 4.78 is 17.6. The Bertz CT molecular complexity index is 676. The third-order valence-electron chi connectivity index (χ3n) is 5.68. The van der Waals surface area contributed by atoms with Crippen molar-refractivity contribution in [3.8, 4) is 5.75 Å². The second kappa shape index (κ2) is 7.89. The van der Waals surface area contributed by atoms with Gasteiger partial charge in [0.15, 0.2) is 0 Å². The maximum Gasteiger partial charge on any atom is 0.225 e. The Morgan fingerprint density at radius 3 is 2.63 bits per heavy atom. The van der Waals surface area contributed by atoms with Crippen molar-refractivity contribution in [1.29, 1.82) is 0 Å². The number of methoxy groups -OCH3 is 1. The van der Waals surface area contributed by atoms with E-state index in [1.165, 1.54) is 19.5 Å². The molecule has 1 aliphatic carbocycles. The first kappa shape index (κ1) is 18.9. The van der Waals surface area contributed by atoms with Gasteiger partial charge in [-0.2, -0.15) is 0 Å². The lowest BCUT2D eigenvalue weighted by molar-refractivity contribution is -0.133. The third-order valence-corrected chi connectivity index (χ3v) is 6.57. The summed E-state index contributed by atoms with van der Waals surface area (Å²) in [5.41, 5.74) is 1.03. The van der Waals surface area contributed by atoms with Crippen molar-refractivity contribution >= 4 is 23.7 Å². The van der Waals surface area contributed by atoms with Crippen LogP contribution in [0.25, 0.3) is 0 Å². The predicted molar refractivity (Wildman–Crippen MR) is 107 cm³/mol. The molecule has 2 aliphatic heterocycles. The number of likely N-dealkylation sites (tertiary alicyclic amines) is 1. The van der Waals surface area contributed by atoms with Gasteiger partial charge in [-0.3, -0.25) is 4.79 Å². The molecule has 0 aromatic heterocycles. The Labute approximate surface area is 165 Å². The highest BCUT2D eigenvalue weighted by Crippen LogP contribution is 2.46. The number of rotatable bonds is 7. The Morgan fingerprint density at radius 1 is 1.19 bits per heavy atom. The number of anilines is 1. The maximum absolute atomic E-state index is 12.3. The maximum atomic E-state index is 12.3. The summed E-state index contributed by atoms with van der Waals surface area (Å²) in [6.45, 7) is 7.39. The molecule has 27 heavy (non-hydrogen) atoms. The molecule has 6 nitrogen and oxygen atoms in total. The van der Waals surface area contributed by atoms with Crippen molar-refractivity contribution in [3.05, 3.63) is 24.3 Å². The van der Waals surface area contributed by atoms with Crippen LogP contribution in [0, 0.1) is 17.8 Å². The fourth-order valence-electron chi connectivity index (χ4n) is 3.98. The van der Waals surface area contributed by atoms with Gasteiger partial charge < -0.3 is 19.1 Å². The molecule has 7 heteroatoms. The van der Waals surface area contributed by atoms with Crippen molar-refractivity contribution in [2.75, 3.05) is 38.0 Å². The van der Waals surface area contributed by atoms with Gasteiger partial charge in [0.2, 0.25) is 5.91 Å². The number of benzene rings is 1. The lowest BCUT2D eigenvalue weighted by atomic mass is 10.2. The summed E-state index contributed by atoms with van der Waals surface area (Å²) in [5, 5.41) is 0. The average Bonchev–Trinajstić information content (AvgIpc) is 3.08. The second-order valence-corrected chi connectivity index (χ2v) is 9.06. The number of nitrogens with one attached hydrogen (secondary N) is 1. The van der Waals surface area contributed by atoms with Crippen LogP contribution in [0.2, 0.25) is 0 Å². The van der Waals surface area contributed by atoms with Crippen LogP contribution in [0.3, 0.4) is 0 Å². The van der Waals surface area contributed by atoms with E-state index in [2.05, 4.69) is 9.03 Å². The zero-order chi connectivity index (χ0) is 19.0. The SMILES string of the molecule is COC1CN(C(=O)C(C)C)C[C@H]1Oc1cccc(NSN2CC3CC3C2)c1. The van der Waals surface area contributed by atoms with Gasteiger partial charge in [-0.1, -0.05) is 19.9 Å². The number of amides is 1. The molecule has 1 N–H and O–H groups in total. The van der Waals surface area contributed by atoms with Gasteiger partial charge in [-0.15, -0.1) is 0 Å². The highest BCUT2D eigenvalue weighted by atomic mass is 32.2. The first-order valence-electron chi connectivity index (χ1n) is 9.79. The Hall–Kier alpha value is -1.44. The van der Waals surface area contributed by atoms with Crippen LogP contribution in [-0.4, -0.2) is 60.6 Å². The topological polar surface area (TPSA) is 54.0 Å². The molecule has 1 aromatic carbocycles. The van der Waals surface area contributed by atoms with Gasteiger partial charge >= 0.3 is 0 Å². The van der Waals surface area contributed by atoms with Crippen LogP contribution in [0.15, 0.2) is 24.3 Å². The van der Waals surface area contributed by atoms with Crippen molar-refractivity contribution in [1.82, 2.24) is 9.21 Å². The standard InChI is InChI=1S/C20H29N3O3S/c1-13(2)20(24)22-11-18(25-3)19(12-22)26-17-6-4-5-16(8-17)21-27-23-9-14-7-15(14)10-23/h4-6,8,13-15,18-19,21H,7,9-12H2,1-3H3/t14?,15?,18?,19-/m1/s1. The quantitative estimate of drug-likeness (QED) is 0.722.